The second-order valence-corrected chi connectivity index (χ2v) is 5.59. The Bertz CT molecular complexity index is 324. The van der Waals surface area contributed by atoms with Crippen molar-refractivity contribution in [1.82, 2.24) is 5.32 Å². The number of carbonyl (C=O) groups is 2. The molecule has 0 radical (unpaired) electrons. The van der Waals surface area contributed by atoms with Crippen molar-refractivity contribution in [2.24, 2.45) is 5.41 Å². The lowest BCUT2D eigenvalue weighted by Crippen LogP contribution is -2.40. The van der Waals surface area contributed by atoms with Crippen LogP contribution in [0.3, 0.4) is 0 Å². The van der Waals surface area contributed by atoms with Gasteiger partial charge in [0.05, 0.1) is 18.1 Å². The third-order valence-electron chi connectivity index (χ3n) is 3.91. The average molecular weight is 287 g/mol. The molecule has 0 aliphatic heterocycles. The van der Waals surface area contributed by atoms with E-state index < -0.39 is 17.5 Å². The van der Waals surface area contributed by atoms with Gasteiger partial charge in [-0.05, 0) is 12.8 Å². The van der Waals surface area contributed by atoms with Crippen LogP contribution in [0, 0.1) is 5.41 Å². The minimum absolute atomic E-state index is 0.0119. The molecule has 1 atom stereocenters. The largest absolute Gasteiger partial charge is 0.481 e. The Morgan fingerprint density at radius 3 is 2.35 bits per heavy atom. The molecule has 1 amide bonds. The Kier molecular flexibility index (Phi) is 6.95. The molecule has 0 saturated heterocycles. The molecule has 1 saturated carbocycles. The van der Waals surface area contributed by atoms with E-state index in [9.17, 15) is 19.8 Å². The van der Waals surface area contributed by atoms with Gasteiger partial charge in [0.2, 0.25) is 5.91 Å². The number of aliphatic hydroxyl groups excluding tert-OH is 1. The number of hydrogen-bond donors (Lipinski definition) is 3. The van der Waals surface area contributed by atoms with Crippen LogP contribution < -0.4 is 5.32 Å². The maximum absolute atomic E-state index is 11.9. The van der Waals surface area contributed by atoms with E-state index >= 15 is 0 Å². The van der Waals surface area contributed by atoms with Crippen LogP contribution in [0.5, 0.6) is 0 Å². The Morgan fingerprint density at radius 1 is 1.25 bits per heavy atom. The second kappa shape index (κ2) is 8.21. The van der Waals surface area contributed by atoms with Crippen molar-refractivity contribution < 1.29 is 24.5 Å². The van der Waals surface area contributed by atoms with E-state index in [4.69, 9.17) is 4.74 Å². The quantitative estimate of drug-likeness (QED) is 0.605. The summed E-state index contributed by atoms with van der Waals surface area (Å²) in [5.41, 5.74) is -0.938. The first-order valence-electron chi connectivity index (χ1n) is 7.17. The molecule has 0 aromatic heterocycles. The number of ether oxygens (including phenoxy) is 1. The van der Waals surface area contributed by atoms with Crippen molar-refractivity contribution in [3.05, 3.63) is 0 Å². The monoisotopic (exact) mass is 287 g/mol. The number of amides is 1. The lowest BCUT2D eigenvalue weighted by atomic mass is 9.77. The summed E-state index contributed by atoms with van der Waals surface area (Å²) in [5, 5.41) is 21.5. The number of rotatable bonds is 7. The van der Waals surface area contributed by atoms with E-state index in [1.807, 2.05) is 0 Å². The Labute approximate surface area is 119 Å². The van der Waals surface area contributed by atoms with Gasteiger partial charge in [0.1, 0.15) is 0 Å². The van der Waals surface area contributed by atoms with Gasteiger partial charge in [0.15, 0.2) is 0 Å². The predicted octanol–water partition coefficient (Wildman–Crippen LogP) is 0.925. The molecule has 0 aromatic carbocycles. The SMILES string of the molecule is COCC(O)CNC(=O)CC1(C(=O)O)CCCCCC1. The van der Waals surface area contributed by atoms with Crippen molar-refractivity contribution in [3.63, 3.8) is 0 Å². The first-order chi connectivity index (χ1) is 9.50. The van der Waals surface area contributed by atoms with Gasteiger partial charge in [-0.15, -0.1) is 0 Å². The molecule has 6 nitrogen and oxygen atoms in total. The number of carboxylic acids is 1. The van der Waals surface area contributed by atoms with Crippen LogP contribution >= 0.6 is 0 Å². The second-order valence-electron chi connectivity index (χ2n) is 5.59. The molecular formula is C14H25NO5. The van der Waals surface area contributed by atoms with Crippen LogP contribution in [0.25, 0.3) is 0 Å². The highest BCUT2D eigenvalue weighted by molar-refractivity contribution is 5.85. The number of aliphatic hydroxyl groups is 1. The summed E-state index contributed by atoms with van der Waals surface area (Å²) in [6, 6.07) is 0. The molecule has 1 aliphatic rings. The van der Waals surface area contributed by atoms with Gasteiger partial charge < -0.3 is 20.3 Å². The van der Waals surface area contributed by atoms with Gasteiger partial charge in [-0.25, -0.2) is 0 Å². The molecule has 3 N–H and O–H groups in total. The Hall–Kier alpha value is -1.14. The maximum atomic E-state index is 11.9. The fourth-order valence-electron chi connectivity index (χ4n) is 2.72. The smallest absolute Gasteiger partial charge is 0.310 e. The van der Waals surface area contributed by atoms with Gasteiger partial charge in [-0.1, -0.05) is 25.7 Å². The molecule has 1 aliphatic carbocycles. The molecule has 0 spiro atoms. The third kappa shape index (κ3) is 5.09. The highest BCUT2D eigenvalue weighted by Crippen LogP contribution is 2.38. The zero-order valence-corrected chi connectivity index (χ0v) is 12.1. The topological polar surface area (TPSA) is 95.9 Å². The predicted molar refractivity (Wildman–Crippen MR) is 73.3 cm³/mol. The van der Waals surface area contributed by atoms with E-state index in [-0.39, 0.29) is 25.5 Å². The fraction of sp³-hybridized carbons (Fsp3) is 0.857. The summed E-state index contributed by atoms with van der Waals surface area (Å²) >= 11 is 0. The maximum Gasteiger partial charge on any atom is 0.310 e. The van der Waals surface area contributed by atoms with Crippen LogP contribution in [0.2, 0.25) is 0 Å². The summed E-state index contributed by atoms with van der Waals surface area (Å²) < 4.78 is 4.77. The number of hydrogen-bond acceptors (Lipinski definition) is 4. The Balaban J connectivity index is 2.52. The fourth-order valence-corrected chi connectivity index (χ4v) is 2.72. The highest BCUT2D eigenvalue weighted by Gasteiger charge is 2.40. The van der Waals surface area contributed by atoms with Gasteiger partial charge in [0.25, 0.3) is 0 Å². The summed E-state index contributed by atoms with van der Waals surface area (Å²) in [4.78, 5) is 23.5. The van der Waals surface area contributed by atoms with Crippen molar-refractivity contribution in [1.29, 1.82) is 0 Å². The normalized spacial score (nSPS) is 19.9. The third-order valence-corrected chi connectivity index (χ3v) is 3.91. The van der Waals surface area contributed by atoms with Crippen LogP contribution in [0.4, 0.5) is 0 Å². The van der Waals surface area contributed by atoms with Crippen LogP contribution in [0.1, 0.15) is 44.9 Å². The molecule has 116 valence electrons. The first kappa shape index (κ1) is 16.9. The zero-order chi connectivity index (χ0) is 15.0. The van der Waals surface area contributed by atoms with Crippen LogP contribution in [-0.2, 0) is 14.3 Å². The molecule has 1 unspecified atom stereocenters. The number of carboxylic acid groups (broad SMARTS) is 1. The van der Waals surface area contributed by atoms with E-state index in [1.54, 1.807) is 0 Å². The lowest BCUT2D eigenvalue weighted by molar-refractivity contribution is -0.153. The Morgan fingerprint density at radius 2 is 1.85 bits per heavy atom. The van der Waals surface area contributed by atoms with Crippen LogP contribution in [0.15, 0.2) is 0 Å². The standard InChI is InChI=1S/C14H25NO5/c1-20-10-11(16)9-15-12(17)8-14(13(18)19)6-4-2-3-5-7-14/h11,16H,2-10H2,1H3,(H,15,17)(H,18,19). The molecule has 0 heterocycles. The van der Waals surface area contributed by atoms with E-state index in [0.29, 0.717) is 12.8 Å². The average Bonchev–Trinajstić information content (AvgIpc) is 2.63. The highest BCUT2D eigenvalue weighted by atomic mass is 16.5. The summed E-state index contributed by atoms with van der Waals surface area (Å²) in [7, 11) is 1.47. The molecule has 0 bridgehead atoms. The summed E-state index contributed by atoms with van der Waals surface area (Å²) in [6.07, 6.45) is 4.10. The zero-order valence-electron chi connectivity index (χ0n) is 12.1. The molecular weight excluding hydrogens is 262 g/mol. The number of carbonyl (C=O) groups excluding carboxylic acids is 1. The molecule has 0 aromatic rings. The van der Waals surface area contributed by atoms with E-state index in [1.165, 1.54) is 7.11 Å². The van der Waals surface area contributed by atoms with Crippen molar-refractivity contribution >= 4 is 11.9 Å². The van der Waals surface area contributed by atoms with Crippen molar-refractivity contribution in [2.75, 3.05) is 20.3 Å². The summed E-state index contributed by atoms with van der Waals surface area (Å²) in [5.74, 6) is -1.20. The summed E-state index contributed by atoms with van der Waals surface area (Å²) in [6.45, 7) is 0.229. The van der Waals surface area contributed by atoms with Crippen molar-refractivity contribution in [2.45, 2.75) is 51.0 Å². The van der Waals surface area contributed by atoms with E-state index in [2.05, 4.69) is 5.32 Å². The first-order valence-corrected chi connectivity index (χ1v) is 7.17. The minimum Gasteiger partial charge on any atom is -0.481 e. The molecule has 1 fully saturated rings. The van der Waals surface area contributed by atoms with Crippen molar-refractivity contribution in [3.8, 4) is 0 Å². The number of nitrogens with one attached hydrogen (secondary N) is 1. The van der Waals surface area contributed by atoms with Gasteiger partial charge in [-0.3, -0.25) is 9.59 Å². The van der Waals surface area contributed by atoms with Gasteiger partial charge in [0, 0.05) is 20.1 Å². The molecule has 6 heteroatoms. The number of methoxy groups -OCH3 is 1. The van der Waals surface area contributed by atoms with Crippen LogP contribution in [-0.4, -0.2) is 48.5 Å². The van der Waals surface area contributed by atoms with Gasteiger partial charge >= 0.3 is 5.97 Å². The minimum atomic E-state index is -0.938. The lowest BCUT2D eigenvalue weighted by Gasteiger charge is -2.27. The number of aliphatic carboxylic acids is 1. The van der Waals surface area contributed by atoms with E-state index in [0.717, 1.165) is 25.7 Å². The van der Waals surface area contributed by atoms with Gasteiger partial charge in [-0.2, -0.15) is 0 Å². The molecule has 1 rings (SSSR count). The molecule has 20 heavy (non-hydrogen) atoms.